The van der Waals surface area contributed by atoms with Gasteiger partial charge in [-0.25, -0.2) is 0 Å². The van der Waals surface area contributed by atoms with Gasteiger partial charge in [-0.15, -0.1) is 0 Å². The van der Waals surface area contributed by atoms with Crippen LogP contribution in [0.25, 0.3) is 0 Å². The van der Waals surface area contributed by atoms with E-state index in [1.165, 1.54) is 12.1 Å². The molecule has 1 saturated carbocycles. The largest absolute Gasteiger partial charge is 0.417 e. The van der Waals surface area contributed by atoms with Crippen molar-refractivity contribution in [3.05, 3.63) is 35.4 Å². The van der Waals surface area contributed by atoms with Gasteiger partial charge in [0.15, 0.2) is 0 Å². The summed E-state index contributed by atoms with van der Waals surface area (Å²) in [6.45, 7) is 0. The van der Waals surface area contributed by atoms with Crippen molar-refractivity contribution >= 4 is 5.91 Å². The fourth-order valence-electron chi connectivity index (χ4n) is 2.45. The van der Waals surface area contributed by atoms with Crippen molar-refractivity contribution < 1.29 is 23.1 Å². The maximum Gasteiger partial charge on any atom is 0.417 e. The summed E-state index contributed by atoms with van der Waals surface area (Å²) in [6.07, 6.45) is -2.40. The van der Waals surface area contributed by atoms with E-state index < -0.39 is 35.4 Å². The molecule has 2 atom stereocenters. The molecule has 6 heteroatoms. The molecule has 0 heterocycles. The van der Waals surface area contributed by atoms with Gasteiger partial charge in [0.2, 0.25) is 0 Å². The summed E-state index contributed by atoms with van der Waals surface area (Å²) in [6, 6.07) is 4.19. The van der Waals surface area contributed by atoms with Crippen molar-refractivity contribution in [3.8, 4) is 0 Å². The van der Waals surface area contributed by atoms with Gasteiger partial charge in [0.25, 0.3) is 5.91 Å². The zero-order valence-corrected chi connectivity index (χ0v) is 10.8. The monoisotopic (exact) mass is 287 g/mol. The molecule has 0 spiro atoms. The normalized spacial score (nSPS) is 23.4. The molecule has 2 rings (SSSR count). The van der Waals surface area contributed by atoms with Crippen LogP contribution in [0.15, 0.2) is 24.3 Å². The van der Waals surface area contributed by atoms with Gasteiger partial charge >= 0.3 is 6.18 Å². The first kappa shape index (κ1) is 14.8. The van der Waals surface area contributed by atoms with Gasteiger partial charge in [-0.2, -0.15) is 13.2 Å². The molecule has 0 unspecified atom stereocenters. The zero-order chi connectivity index (χ0) is 14.8. The molecule has 2 N–H and O–H groups in total. The van der Waals surface area contributed by atoms with E-state index in [4.69, 9.17) is 0 Å². The van der Waals surface area contributed by atoms with E-state index in [9.17, 15) is 23.1 Å². The van der Waals surface area contributed by atoms with Crippen LogP contribution < -0.4 is 5.32 Å². The molecule has 1 fully saturated rings. The van der Waals surface area contributed by atoms with Gasteiger partial charge in [0, 0.05) is 0 Å². The van der Waals surface area contributed by atoms with Crippen molar-refractivity contribution in [1.82, 2.24) is 5.32 Å². The van der Waals surface area contributed by atoms with E-state index in [1.54, 1.807) is 0 Å². The maximum absolute atomic E-state index is 12.8. The SMILES string of the molecule is O=C(N[C@@H]1CCCC[C@@H]1O)c1ccccc1C(F)(F)F. The average molecular weight is 287 g/mol. The van der Waals surface area contributed by atoms with E-state index in [2.05, 4.69) is 5.32 Å². The molecular formula is C14H16F3NO2. The van der Waals surface area contributed by atoms with E-state index in [1.807, 2.05) is 0 Å². The Morgan fingerprint density at radius 2 is 1.85 bits per heavy atom. The minimum Gasteiger partial charge on any atom is -0.391 e. The van der Waals surface area contributed by atoms with Crippen LogP contribution in [0, 0.1) is 0 Å². The van der Waals surface area contributed by atoms with Gasteiger partial charge in [-0.3, -0.25) is 4.79 Å². The van der Waals surface area contributed by atoms with Gasteiger partial charge in [0.05, 0.1) is 23.3 Å². The van der Waals surface area contributed by atoms with Crippen molar-refractivity contribution in [2.75, 3.05) is 0 Å². The molecule has 1 aromatic rings. The minimum absolute atomic E-state index is 0.405. The molecule has 3 nitrogen and oxygen atoms in total. The zero-order valence-electron chi connectivity index (χ0n) is 10.8. The fraction of sp³-hybridized carbons (Fsp3) is 0.500. The molecule has 110 valence electrons. The van der Waals surface area contributed by atoms with Crippen LogP contribution in [-0.4, -0.2) is 23.2 Å². The highest BCUT2D eigenvalue weighted by atomic mass is 19.4. The third-order valence-corrected chi connectivity index (χ3v) is 3.52. The smallest absolute Gasteiger partial charge is 0.391 e. The lowest BCUT2D eigenvalue weighted by Crippen LogP contribution is -2.45. The second-order valence-corrected chi connectivity index (χ2v) is 4.98. The Hall–Kier alpha value is -1.56. The first-order valence-electron chi connectivity index (χ1n) is 6.55. The Morgan fingerprint density at radius 1 is 1.20 bits per heavy atom. The van der Waals surface area contributed by atoms with Crippen LogP contribution in [0.1, 0.15) is 41.6 Å². The summed E-state index contributed by atoms with van der Waals surface area (Å²) in [7, 11) is 0. The number of rotatable bonds is 2. The Bertz CT molecular complexity index is 488. The number of alkyl halides is 3. The Morgan fingerprint density at radius 3 is 2.50 bits per heavy atom. The van der Waals surface area contributed by atoms with Crippen molar-refractivity contribution in [1.29, 1.82) is 0 Å². The molecule has 20 heavy (non-hydrogen) atoms. The molecule has 0 saturated heterocycles. The minimum atomic E-state index is -4.57. The van der Waals surface area contributed by atoms with E-state index in [-0.39, 0.29) is 0 Å². The maximum atomic E-state index is 12.8. The molecule has 1 aliphatic rings. The topological polar surface area (TPSA) is 49.3 Å². The van der Waals surface area contributed by atoms with Crippen LogP contribution >= 0.6 is 0 Å². The van der Waals surface area contributed by atoms with Crippen molar-refractivity contribution in [3.63, 3.8) is 0 Å². The molecule has 1 aliphatic carbocycles. The Kier molecular flexibility index (Phi) is 4.32. The molecule has 0 aliphatic heterocycles. The van der Waals surface area contributed by atoms with Crippen molar-refractivity contribution in [2.24, 2.45) is 0 Å². The summed E-state index contributed by atoms with van der Waals surface area (Å²) in [5, 5.41) is 12.3. The van der Waals surface area contributed by atoms with Gasteiger partial charge in [0.1, 0.15) is 0 Å². The first-order chi connectivity index (χ1) is 9.39. The number of amides is 1. The van der Waals surface area contributed by atoms with E-state index in [0.29, 0.717) is 12.8 Å². The lowest BCUT2D eigenvalue weighted by Gasteiger charge is -2.28. The van der Waals surface area contributed by atoms with Crippen molar-refractivity contribution in [2.45, 2.75) is 44.0 Å². The summed E-state index contributed by atoms with van der Waals surface area (Å²) < 4.78 is 38.5. The number of halogens is 3. The van der Waals surface area contributed by atoms with Gasteiger partial charge < -0.3 is 10.4 Å². The predicted octanol–water partition coefficient (Wildman–Crippen LogP) is 2.74. The third-order valence-electron chi connectivity index (χ3n) is 3.52. The number of nitrogens with one attached hydrogen (secondary N) is 1. The molecule has 1 amide bonds. The molecular weight excluding hydrogens is 271 g/mol. The predicted molar refractivity (Wildman–Crippen MR) is 67.2 cm³/mol. The van der Waals surface area contributed by atoms with Gasteiger partial charge in [-0.05, 0) is 25.0 Å². The molecule has 0 bridgehead atoms. The number of benzene rings is 1. The lowest BCUT2D eigenvalue weighted by atomic mass is 9.92. The van der Waals surface area contributed by atoms with Crippen LogP contribution in [0.2, 0.25) is 0 Å². The van der Waals surface area contributed by atoms with Crippen LogP contribution in [0.5, 0.6) is 0 Å². The van der Waals surface area contributed by atoms with Gasteiger partial charge in [-0.1, -0.05) is 25.0 Å². The Balaban J connectivity index is 2.17. The second kappa shape index (κ2) is 5.83. The Labute approximate surface area is 114 Å². The summed E-state index contributed by atoms with van der Waals surface area (Å²) in [4.78, 5) is 12.0. The molecule has 0 radical (unpaired) electrons. The fourth-order valence-corrected chi connectivity index (χ4v) is 2.45. The highest BCUT2D eigenvalue weighted by Crippen LogP contribution is 2.32. The first-order valence-corrected chi connectivity index (χ1v) is 6.55. The number of aliphatic hydroxyl groups excluding tert-OH is 1. The number of hydrogen-bond acceptors (Lipinski definition) is 2. The van der Waals surface area contributed by atoms with Crippen LogP contribution in [-0.2, 0) is 6.18 Å². The summed E-state index contributed by atoms with van der Waals surface area (Å²) in [5.74, 6) is -0.788. The summed E-state index contributed by atoms with van der Waals surface area (Å²) in [5.41, 5.74) is -1.36. The number of aliphatic hydroxyl groups is 1. The quantitative estimate of drug-likeness (QED) is 0.878. The third kappa shape index (κ3) is 3.30. The number of carbonyl (C=O) groups is 1. The molecule has 1 aromatic carbocycles. The number of hydrogen-bond donors (Lipinski definition) is 2. The highest BCUT2D eigenvalue weighted by Gasteiger charge is 2.35. The highest BCUT2D eigenvalue weighted by molar-refractivity contribution is 5.96. The van der Waals surface area contributed by atoms with Crippen LogP contribution in [0.3, 0.4) is 0 Å². The number of carbonyl (C=O) groups excluding carboxylic acids is 1. The molecule has 0 aromatic heterocycles. The second-order valence-electron chi connectivity index (χ2n) is 4.98. The standard InChI is InChI=1S/C14H16F3NO2/c15-14(16,17)10-6-2-1-5-9(10)13(20)18-11-7-3-4-8-12(11)19/h1-2,5-6,11-12,19H,3-4,7-8H2,(H,18,20)/t11-,12+/m1/s1. The van der Waals surface area contributed by atoms with E-state index in [0.717, 1.165) is 25.0 Å². The van der Waals surface area contributed by atoms with E-state index >= 15 is 0 Å². The summed E-state index contributed by atoms with van der Waals surface area (Å²) >= 11 is 0. The lowest BCUT2D eigenvalue weighted by molar-refractivity contribution is -0.137. The van der Waals surface area contributed by atoms with Crippen LogP contribution in [0.4, 0.5) is 13.2 Å². The average Bonchev–Trinajstić information content (AvgIpc) is 2.40.